The number of ether oxygens (including phenoxy) is 1. The van der Waals surface area contributed by atoms with Crippen molar-refractivity contribution in [2.45, 2.75) is 38.7 Å². The first-order valence-corrected chi connectivity index (χ1v) is 13.5. The largest absolute Gasteiger partial charge is 0.469 e. The number of nitrogens with zero attached hydrogens (tertiary/aromatic N) is 2. The number of benzene rings is 2. The van der Waals surface area contributed by atoms with Crippen LogP contribution < -0.4 is 0 Å². The SMILES string of the molecule is COC(=O)C[C@H](O)CP(=O)(CCc1c(-c2ccc(F)cc2)nn(-c2ccccc2)c1C(C)C)OC. The van der Waals surface area contributed by atoms with Crippen molar-refractivity contribution in [2.75, 3.05) is 26.5 Å². The van der Waals surface area contributed by atoms with Gasteiger partial charge in [-0.05, 0) is 48.7 Å². The number of carbonyl (C=O) groups is 1. The number of rotatable bonds is 11. The number of para-hydroxylation sites is 1. The normalized spacial score (nSPS) is 14.0. The van der Waals surface area contributed by atoms with E-state index in [-0.39, 0.29) is 30.5 Å². The second kappa shape index (κ2) is 11.8. The van der Waals surface area contributed by atoms with Crippen LogP contribution in [0.25, 0.3) is 16.9 Å². The fourth-order valence-corrected chi connectivity index (χ4v) is 5.96. The molecule has 0 spiro atoms. The predicted molar refractivity (Wildman–Crippen MR) is 134 cm³/mol. The molecule has 3 aromatic rings. The number of hydrogen-bond donors (Lipinski definition) is 1. The van der Waals surface area contributed by atoms with E-state index in [0.717, 1.165) is 22.5 Å². The van der Waals surface area contributed by atoms with E-state index >= 15 is 0 Å². The monoisotopic (exact) mass is 502 g/mol. The quantitative estimate of drug-likeness (QED) is 0.287. The van der Waals surface area contributed by atoms with Crippen molar-refractivity contribution >= 4 is 13.3 Å². The number of aliphatic hydroxyl groups excluding tert-OH is 1. The standard InChI is InChI=1S/C26H32FN2O5P/c1-18(2)26-23(14-15-35(32,34-4)17-22(30)16-24(31)33-3)25(19-10-12-20(27)13-11-19)28-29(26)21-8-6-5-7-9-21/h5-13,18,22,30H,14-17H2,1-4H3/t22-,35?/m0/s1. The van der Waals surface area contributed by atoms with Crippen molar-refractivity contribution in [1.82, 2.24) is 9.78 Å². The second-order valence-corrected chi connectivity index (χ2v) is 11.5. The predicted octanol–water partition coefficient (Wildman–Crippen LogP) is 5.19. The Kier molecular flexibility index (Phi) is 9.00. The van der Waals surface area contributed by atoms with Gasteiger partial charge in [0.15, 0.2) is 0 Å². The van der Waals surface area contributed by atoms with Crippen LogP contribution in [0.15, 0.2) is 54.6 Å². The van der Waals surface area contributed by atoms with E-state index in [0.29, 0.717) is 12.1 Å². The molecular weight excluding hydrogens is 470 g/mol. The molecule has 2 aromatic carbocycles. The van der Waals surface area contributed by atoms with Gasteiger partial charge in [0, 0.05) is 24.4 Å². The summed E-state index contributed by atoms with van der Waals surface area (Å²) in [5.41, 5.74) is 4.14. The van der Waals surface area contributed by atoms with E-state index in [1.807, 2.05) is 35.0 Å². The molecule has 7 nitrogen and oxygen atoms in total. The number of aromatic nitrogens is 2. The topological polar surface area (TPSA) is 90.7 Å². The molecule has 0 bridgehead atoms. The highest BCUT2D eigenvalue weighted by molar-refractivity contribution is 7.59. The van der Waals surface area contributed by atoms with Gasteiger partial charge in [-0.25, -0.2) is 9.07 Å². The van der Waals surface area contributed by atoms with Gasteiger partial charge in [0.05, 0.1) is 42.9 Å². The van der Waals surface area contributed by atoms with Crippen LogP contribution in [-0.2, 0) is 25.0 Å². The maximum absolute atomic E-state index is 13.6. The molecule has 3 rings (SSSR count). The van der Waals surface area contributed by atoms with E-state index in [1.54, 1.807) is 12.1 Å². The van der Waals surface area contributed by atoms with E-state index in [2.05, 4.69) is 18.6 Å². The first-order chi connectivity index (χ1) is 16.7. The molecule has 35 heavy (non-hydrogen) atoms. The molecule has 0 aliphatic heterocycles. The number of methoxy groups -OCH3 is 1. The Bertz CT molecular complexity index is 1180. The zero-order valence-electron chi connectivity index (χ0n) is 20.5. The van der Waals surface area contributed by atoms with Crippen LogP contribution in [0.3, 0.4) is 0 Å². The molecular formula is C26H32FN2O5P. The van der Waals surface area contributed by atoms with E-state index in [4.69, 9.17) is 9.62 Å². The van der Waals surface area contributed by atoms with Gasteiger partial charge in [0.1, 0.15) is 5.82 Å². The summed E-state index contributed by atoms with van der Waals surface area (Å²) < 4.78 is 38.9. The van der Waals surface area contributed by atoms with E-state index in [9.17, 15) is 18.9 Å². The lowest BCUT2D eigenvalue weighted by molar-refractivity contribution is -0.142. The van der Waals surface area contributed by atoms with Crippen molar-refractivity contribution in [1.29, 1.82) is 0 Å². The minimum absolute atomic E-state index is 0.0822. The summed E-state index contributed by atoms with van der Waals surface area (Å²) in [6, 6.07) is 15.8. The van der Waals surface area contributed by atoms with Gasteiger partial charge in [-0.3, -0.25) is 9.36 Å². The van der Waals surface area contributed by atoms with Crippen LogP contribution in [0.4, 0.5) is 4.39 Å². The minimum Gasteiger partial charge on any atom is -0.469 e. The summed E-state index contributed by atoms with van der Waals surface area (Å²) >= 11 is 0. The molecule has 0 amide bonds. The molecule has 0 aliphatic rings. The fraction of sp³-hybridized carbons (Fsp3) is 0.385. The maximum Gasteiger partial charge on any atom is 0.308 e. The Morgan fingerprint density at radius 2 is 1.77 bits per heavy atom. The van der Waals surface area contributed by atoms with Crippen molar-refractivity contribution in [3.05, 3.63) is 71.7 Å². The zero-order chi connectivity index (χ0) is 25.6. The van der Waals surface area contributed by atoms with Crippen LogP contribution in [0.2, 0.25) is 0 Å². The third-order valence-electron chi connectivity index (χ3n) is 5.84. The Morgan fingerprint density at radius 1 is 1.11 bits per heavy atom. The molecule has 0 aliphatic carbocycles. The molecule has 1 aromatic heterocycles. The molecule has 0 radical (unpaired) electrons. The Labute approximate surface area is 205 Å². The molecule has 1 unspecified atom stereocenters. The maximum atomic E-state index is 13.6. The number of aliphatic hydroxyl groups is 1. The number of halogens is 1. The van der Waals surface area contributed by atoms with Crippen molar-refractivity contribution in [2.24, 2.45) is 0 Å². The fourth-order valence-electron chi connectivity index (χ4n) is 4.11. The average Bonchev–Trinajstić information content (AvgIpc) is 3.23. The lowest BCUT2D eigenvalue weighted by Crippen LogP contribution is -2.20. The van der Waals surface area contributed by atoms with Crippen molar-refractivity contribution in [3.8, 4) is 16.9 Å². The molecule has 2 atom stereocenters. The summed E-state index contributed by atoms with van der Waals surface area (Å²) in [5, 5.41) is 15.2. The highest BCUT2D eigenvalue weighted by atomic mass is 31.2. The number of esters is 1. The van der Waals surface area contributed by atoms with Crippen LogP contribution >= 0.6 is 7.37 Å². The lowest BCUT2D eigenvalue weighted by atomic mass is 9.98. The number of hydrogen-bond acceptors (Lipinski definition) is 6. The summed E-state index contributed by atoms with van der Waals surface area (Å²) in [6.45, 7) is 4.12. The molecule has 0 saturated heterocycles. The Morgan fingerprint density at radius 3 is 2.34 bits per heavy atom. The summed E-state index contributed by atoms with van der Waals surface area (Å²) in [4.78, 5) is 11.5. The molecule has 0 fully saturated rings. The van der Waals surface area contributed by atoms with Gasteiger partial charge in [-0.15, -0.1) is 0 Å². The first kappa shape index (κ1) is 26.8. The van der Waals surface area contributed by atoms with Gasteiger partial charge in [-0.1, -0.05) is 32.0 Å². The smallest absolute Gasteiger partial charge is 0.308 e. The van der Waals surface area contributed by atoms with Gasteiger partial charge in [0.25, 0.3) is 0 Å². The molecule has 9 heteroatoms. The average molecular weight is 503 g/mol. The third kappa shape index (κ3) is 6.66. The summed E-state index contributed by atoms with van der Waals surface area (Å²) in [5.74, 6) is -0.839. The van der Waals surface area contributed by atoms with Crippen LogP contribution in [0.5, 0.6) is 0 Å². The van der Waals surface area contributed by atoms with E-state index in [1.165, 1.54) is 26.4 Å². The highest BCUT2D eigenvalue weighted by Gasteiger charge is 2.30. The Hall–Kier alpha value is -2.80. The van der Waals surface area contributed by atoms with Gasteiger partial charge in [-0.2, -0.15) is 5.10 Å². The zero-order valence-corrected chi connectivity index (χ0v) is 21.4. The first-order valence-electron chi connectivity index (χ1n) is 11.5. The molecule has 1 N–H and O–H groups in total. The number of carbonyl (C=O) groups excluding carboxylic acids is 1. The molecule has 1 heterocycles. The Balaban J connectivity index is 2.02. The third-order valence-corrected chi connectivity index (χ3v) is 8.39. The molecule has 0 saturated carbocycles. The summed E-state index contributed by atoms with van der Waals surface area (Å²) in [6.07, 6.45) is -1.04. The van der Waals surface area contributed by atoms with Gasteiger partial charge < -0.3 is 14.4 Å². The van der Waals surface area contributed by atoms with Crippen LogP contribution in [0, 0.1) is 5.82 Å². The van der Waals surface area contributed by atoms with Crippen LogP contribution in [-0.4, -0.2) is 53.5 Å². The van der Waals surface area contributed by atoms with Gasteiger partial charge in [0.2, 0.25) is 7.37 Å². The highest BCUT2D eigenvalue weighted by Crippen LogP contribution is 2.48. The summed E-state index contributed by atoms with van der Waals surface area (Å²) in [7, 11) is -0.689. The second-order valence-electron chi connectivity index (χ2n) is 8.71. The lowest BCUT2D eigenvalue weighted by Gasteiger charge is -2.20. The van der Waals surface area contributed by atoms with Crippen molar-refractivity contribution < 1.29 is 28.1 Å². The van der Waals surface area contributed by atoms with Crippen molar-refractivity contribution in [3.63, 3.8) is 0 Å². The molecule has 188 valence electrons. The van der Waals surface area contributed by atoms with Gasteiger partial charge >= 0.3 is 5.97 Å². The van der Waals surface area contributed by atoms with Crippen LogP contribution in [0.1, 0.15) is 37.4 Å². The van der Waals surface area contributed by atoms with E-state index < -0.39 is 19.4 Å². The minimum atomic E-state index is -3.28.